The van der Waals surface area contributed by atoms with Crippen LogP contribution in [0.25, 0.3) is 31.7 Å². The number of benzene rings is 2. The SMILES string of the molecule is O=c1[nH]c(Cc2nc3ccccc3[nH]2)nc2cc(-c3ccccc3Cl)sc12. The van der Waals surface area contributed by atoms with Crippen molar-refractivity contribution in [1.29, 1.82) is 0 Å². The average Bonchev–Trinajstić information content (AvgIpc) is 3.25. The third-order valence-electron chi connectivity index (χ3n) is 4.34. The lowest BCUT2D eigenvalue weighted by Crippen LogP contribution is -2.11. The summed E-state index contributed by atoms with van der Waals surface area (Å²) in [7, 11) is 0. The molecule has 5 aromatic rings. The number of thiophene rings is 1. The maximum absolute atomic E-state index is 12.5. The molecule has 0 amide bonds. The molecule has 3 aromatic heterocycles. The smallest absolute Gasteiger partial charge is 0.268 e. The van der Waals surface area contributed by atoms with Crippen molar-refractivity contribution in [3.8, 4) is 10.4 Å². The zero-order valence-electron chi connectivity index (χ0n) is 14.0. The fourth-order valence-corrected chi connectivity index (χ4v) is 4.44. The van der Waals surface area contributed by atoms with Crippen molar-refractivity contribution in [3.05, 3.63) is 81.6 Å². The molecule has 2 aromatic carbocycles. The highest BCUT2D eigenvalue weighted by Gasteiger charge is 2.13. The fraction of sp³-hybridized carbons (Fsp3) is 0.0500. The number of halogens is 1. The van der Waals surface area contributed by atoms with Gasteiger partial charge in [-0.15, -0.1) is 11.3 Å². The highest BCUT2D eigenvalue weighted by molar-refractivity contribution is 7.22. The van der Waals surface area contributed by atoms with E-state index in [0.29, 0.717) is 27.5 Å². The van der Waals surface area contributed by atoms with E-state index in [9.17, 15) is 4.79 Å². The number of imidazole rings is 1. The molecule has 0 saturated carbocycles. The van der Waals surface area contributed by atoms with Crippen LogP contribution in [0.3, 0.4) is 0 Å². The molecule has 132 valence electrons. The van der Waals surface area contributed by atoms with Crippen molar-refractivity contribution in [2.45, 2.75) is 6.42 Å². The van der Waals surface area contributed by atoms with Gasteiger partial charge in [0, 0.05) is 15.5 Å². The highest BCUT2D eigenvalue weighted by atomic mass is 35.5. The highest BCUT2D eigenvalue weighted by Crippen LogP contribution is 2.35. The lowest BCUT2D eigenvalue weighted by molar-refractivity contribution is 0.923. The lowest BCUT2D eigenvalue weighted by Gasteiger charge is -1.98. The number of hydrogen-bond acceptors (Lipinski definition) is 4. The van der Waals surface area contributed by atoms with E-state index >= 15 is 0 Å². The number of aromatic nitrogens is 4. The summed E-state index contributed by atoms with van der Waals surface area (Å²) >= 11 is 7.69. The molecule has 5 nitrogen and oxygen atoms in total. The van der Waals surface area contributed by atoms with Gasteiger partial charge in [0.1, 0.15) is 16.3 Å². The summed E-state index contributed by atoms with van der Waals surface area (Å²) in [5, 5.41) is 0.656. The van der Waals surface area contributed by atoms with Crippen LogP contribution in [0.2, 0.25) is 5.02 Å². The van der Waals surface area contributed by atoms with Gasteiger partial charge in [-0.2, -0.15) is 0 Å². The summed E-state index contributed by atoms with van der Waals surface area (Å²) in [6.45, 7) is 0. The van der Waals surface area contributed by atoms with Crippen LogP contribution in [0.4, 0.5) is 0 Å². The third-order valence-corrected chi connectivity index (χ3v) is 5.83. The van der Waals surface area contributed by atoms with Crippen LogP contribution in [-0.2, 0) is 6.42 Å². The number of H-pyrrole nitrogens is 2. The molecule has 3 heterocycles. The number of hydrogen-bond donors (Lipinski definition) is 2. The summed E-state index contributed by atoms with van der Waals surface area (Å²) in [6, 6.07) is 17.3. The maximum atomic E-state index is 12.5. The molecule has 0 bridgehead atoms. The van der Waals surface area contributed by atoms with Crippen molar-refractivity contribution in [2.75, 3.05) is 0 Å². The van der Waals surface area contributed by atoms with Gasteiger partial charge in [0.15, 0.2) is 0 Å². The standard InChI is InChI=1S/C20H13ClN4OS/c21-12-6-2-1-5-11(12)16-9-15-19(27-16)20(26)25-18(24-15)10-17-22-13-7-3-4-8-14(13)23-17/h1-9H,10H2,(H,22,23)(H,24,25,26). The Morgan fingerprint density at radius 3 is 2.52 bits per heavy atom. The zero-order chi connectivity index (χ0) is 18.4. The van der Waals surface area contributed by atoms with Gasteiger partial charge in [-0.3, -0.25) is 4.79 Å². The van der Waals surface area contributed by atoms with Gasteiger partial charge in [-0.05, 0) is 24.3 Å². The van der Waals surface area contributed by atoms with Gasteiger partial charge in [0.25, 0.3) is 5.56 Å². The van der Waals surface area contributed by atoms with Crippen LogP contribution in [-0.4, -0.2) is 19.9 Å². The molecule has 0 fully saturated rings. The van der Waals surface area contributed by atoms with E-state index in [4.69, 9.17) is 11.6 Å². The molecule has 0 atom stereocenters. The van der Waals surface area contributed by atoms with E-state index in [1.165, 1.54) is 11.3 Å². The molecular formula is C20H13ClN4OS. The second kappa shape index (κ2) is 6.33. The summed E-state index contributed by atoms with van der Waals surface area (Å²) < 4.78 is 0.596. The maximum Gasteiger partial charge on any atom is 0.268 e. The molecule has 0 aliphatic rings. The van der Waals surface area contributed by atoms with E-state index < -0.39 is 0 Å². The Labute approximate surface area is 162 Å². The summed E-state index contributed by atoms with van der Waals surface area (Å²) in [5.41, 5.74) is 3.29. The molecule has 0 aliphatic carbocycles. The molecule has 0 spiro atoms. The van der Waals surface area contributed by atoms with Gasteiger partial charge < -0.3 is 9.97 Å². The Bertz CT molecular complexity index is 1320. The second-order valence-electron chi connectivity index (χ2n) is 6.19. The van der Waals surface area contributed by atoms with E-state index in [1.807, 2.05) is 54.6 Å². The second-order valence-corrected chi connectivity index (χ2v) is 7.65. The Hall–Kier alpha value is -2.96. The van der Waals surface area contributed by atoms with Crippen LogP contribution in [0.1, 0.15) is 11.6 Å². The molecule has 5 rings (SSSR count). The van der Waals surface area contributed by atoms with Crippen molar-refractivity contribution in [2.24, 2.45) is 0 Å². The van der Waals surface area contributed by atoms with Gasteiger partial charge in [0.2, 0.25) is 0 Å². The number of para-hydroxylation sites is 2. The van der Waals surface area contributed by atoms with Crippen molar-refractivity contribution in [1.82, 2.24) is 19.9 Å². The fourth-order valence-electron chi connectivity index (χ4n) is 3.11. The number of nitrogens with zero attached hydrogens (tertiary/aromatic N) is 2. The summed E-state index contributed by atoms with van der Waals surface area (Å²) in [4.78, 5) is 28.8. The molecule has 0 radical (unpaired) electrons. The topological polar surface area (TPSA) is 74.4 Å². The van der Waals surface area contributed by atoms with Crippen LogP contribution >= 0.6 is 22.9 Å². The Morgan fingerprint density at radius 2 is 1.67 bits per heavy atom. The minimum atomic E-state index is -0.144. The van der Waals surface area contributed by atoms with Crippen molar-refractivity contribution >= 4 is 44.2 Å². The van der Waals surface area contributed by atoms with Crippen LogP contribution in [0, 0.1) is 0 Å². The first-order chi connectivity index (χ1) is 13.2. The van der Waals surface area contributed by atoms with Gasteiger partial charge in [0.05, 0.1) is 23.0 Å². The van der Waals surface area contributed by atoms with E-state index in [2.05, 4.69) is 19.9 Å². The number of aromatic amines is 2. The Balaban J connectivity index is 1.56. The average molecular weight is 393 g/mol. The Kier molecular flexibility index (Phi) is 3.81. The van der Waals surface area contributed by atoms with Crippen LogP contribution in [0.15, 0.2) is 59.4 Å². The molecule has 0 aliphatic heterocycles. The van der Waals surface area contributed by atoms with Gasteiger partial charge >= 0.3 is 0 Å². The molecular weight excluding hydrogens is 380 g/mol. The van der Waals surface area contributed by atoms with Crippen LogP contribution < -0.4 is 5.56 Å². The zero-order valence-corrected chi connectivity index (χ0v) is 15.6. The number of rotatable bonds is 3. The monoisotopic (exact) mass is 392 g/mol. The first-order valence-corrected chi connectivity index (χ1v) is 9.58. The molecule has 0 saturated heterocycles. The minimum Gasteiger partial charge on any atom is -0.342 e. The lowest BCUT2D eigenvalue weighted by atomic mass is 10.2. The number of nitrogens with one attached hydrogen (secondary N) is 2. The predicted molar refractivity (Wildman–Crippen MR) is 110 cm³/mol. The quantitative estimate of drug-likeness (QED) is 0.464. The largest absolute Gasteiger partial charge is 0.342 e. The summed E-state index contributed by atoms with van der Waals surface area (Å²) in [6.07, 6.45) is 0.428. The van der Waals surface area contributed by atoms with Gasteiger partial charge in [-0.25, -0.2) is 9.97 Å². The van der Waals surface area contributed by atoms with Crippen molar-refractivity contribution in [3.63, 3.8) is 0 Å². The summed E-state index contributed by atoms with van der Waals surface area (Å²) in [5.74, 6) is 1.34. The minimum absolute atomic E-state index is 0.144. The first-order valence-electron chi connectivity index (χ1n) is 8.38. The van der Waals surface area contributed by atoms with E-state index in [1.54, 1.807) is 0 Å². The molecule has 2 N–H and O–H groups in total. The van der Waals surface area contributed by atoms with E-state index in [0.717, 1.165) is 27.3 Å². The van der Waals surface area contributed by atoms with Crippen LogP contribution in [0.5, 0.6) is 0 Å². The third kappa shape index (κ3) is 2.93. The number of fused-ring (bicyclic) bond motifs is 2. The molecule has 0 unspecified atom stereocenters. The molecule has 27 heavy (non-hydrogen) atoms. The predicted octanol–water partition coefficient (Wildman–Crippen LogP) is 4.77. The van der Waals surface area contributed by atoms with E-state index in [-0.39, 0.29) is 5.56 Å². The normalized spacial score (nSPS) is 11.4. The van der Waals surface area contributed by atoms with Gasteiger partial charge in [-0.1, -0.05) is 41.9 Å². The molecule has 7 heteroatoms. The Morgan fingerprint density at radius 1 is 0.926 bits per heavy atom. The first kappa shape index (κ1) is 16.2. The van der Waals surface area contributed by atoms with Crippen molar-refractivity contribution < 1.29 is 0 Å².